The van der Waals surface area contributed by atoms with Gasteiger partial charge in [-0.05, 0) is 73.4 Å². The van der Waals surface area contributed by atoms with E-state index in [0.717, 1.165) is 14.3 Å². The molecule has 220 valence electrons. The Balaban J connectivity index is 2.05. The van der Waals surface area contributed by atoms with Crippen LogP contribution in [0.2, 0.25) is 10.0 Å². The number of hydrogen-bond acceptors (Lipinski definition) is 4. The molecule has 0 aliphatic heterocycles. The van der Waals surface area contributed by atoms with E-state index in [0.29, 0.717) is 34.3 Å². The maximum atomic E-state index is 14.1. The molecular formula is C30H34BrCl2N3O4S. The first kappa shape index (κ1) is 32.9. The maximum Gasteiger partial charge on any atom is 0.264 e. The van der Waals surface area contributed by atoms with Gasteiger partial charge in [0.1, 0.15) is 12.6 Å². The quantitative estimate of drug-likeness (QED) is 0.227. The highest BCUT2D eigenvalue weighted by Gasteiger charge is 2.33. The van der Waals surface area contributed by atoms with Gasteiger partial charge in [-0.3, -0.25) is 13.9 Å². The van der Waals surface area contributed by atoms with Crippen molar-refractivity contribution in [1.82, 2.24) is 10.2 Å². The van der Waals surface area contributed by atoms with Gasteiger partial charge < -0.3 is 10.2 Å². The van der Waals surface area contributed by atoms with Gasteiger partial charge in [0.2, 0.25) is 11.8 Å². The third-order valence-electron chi connectivity index (χ3n) is 6.41. The molecule has 0 saturated heterocycles. The summed E-state index contributed by atoms with van der Waals surface area (Å²) < 4.78 is 29.7. The topological polar surface area (TPSA) is 86.8 Å². The monoisotopic (exact) mass is 681 g/mol. The molecule has 3 aromatic carbocycles. The molecule has 0 bridgehead atoms. The van der Waals surface area contributed by atoms with Crippen LogP contribution >= 0.6 is 39.1 Å². The summed E-state index contributed by atoms with van der Waals surface area (Å²) in [4.78, 5) is 28.8. The molecule has 3 aromatic rings. The summed E-state index contributed by atoms with van der Waals surface area (Å²) in [6, 6.07) is 17.2. The average molecular weight is 683 g/mol. The van der Waals surface area contributed by atoms with Gasteiger partial charge in [-0.25, -0.2) is 8.42 Å². The number of hydrogen-bond donors (Lipinski definition) is 1. The first-order valence-corrected chi connectivity index (χ1v) is 16.2. The number of nitrogens with zero attached hydrogens (tertiary/aromatic N) is 2. The highest BCUT2D eigenvalue weighted by Crippen LogP contribution is 2.28. The minimum atomic E-state index is -4.14. The van der Waals surface area contributed by atoms with E-state index < -0.39 is 28.5 Å². The zero-order valence-electron chi connectivity index (χ0n) is 23.4. The third kappa shape index (κ3) is 8.70. The number of carbonyl (C=O) groups excluding carboxylic acids is 2. The molecule has 0 aliphatic carbocycles. The van der Waals surface area contributed by atoms with Crippen LogP contribution in [0.5, 0.6) is 0 Å². The molecule has 0 aromatic heterocycles. The molecule has 1 N–H and O–H groups in total. The first-order valence-electron chi connectivity index (χ1n) is 13.2. The number of rotatable bonds is 12. The minimum Gasteiger partial charge on any atom is -0.354 e. The Morgan fingerprint density at radius 2 is 1.59 bits per heavy atom. The summed E-state index contributed by atoms with van der Waals surface area (Å²) in [7, 11) is -4.14. The van der Waals surface area contributed by atoms with E-state index >= 15 is 0 Å². The predicted octanol–water partition coefficient (Wildman–Crippen LogP) is 6.84. The van der Waals surface area contributed by atoms with E-state index in [2.05, 4.69) is 21.2 Å². The Morgan fingerprint density at radius 3 is 2.15 bits per heavy atom. The summed E-state index contributed by atoms with van der Waals surface area (Å²) >= 11 is 15.7. The number of benzene rings is 3. The lowest BCUT2D eigenvalue weighted by molar-refractivity contribution is -0.140. The van der Waals surface area contributed by atoms with E-state index in [-0.39, 0.29) is 23.3 Å². The highest BCUT2D eigenvalue weighted by atomic mass is 79.9. The molecule has 7 nitrogen and oxygen atoms in total. The van der Waals surface area contributed by atoms with Crippen LogP contribution in [0, 0.1) is 12.8 Å². The Bertz CT molecular complexity index is 1470. The van der Waals surface area contributed by atoms with E-state index in [9.17, 15) is 18.0 Å². The lowest BCUT2D eigenvalue weighted by atomic mass is 10.1. The van der Waals surface area contributed by atoms with Crippen molar-refractivity contribution in [2.24, 2.45) is 5.92 Å². The van der Waals surface area contributed by atoms with E-state index in [1.54, 1.807) is 54.6 Å². The summed E-state index contributed by atoms with van der Waals surface area (Å²) in [5.74, 6) is -0.643. The fourth-order valence-corrected chi connectivity index (χ4v) is 6.15. The van der Waals surface area contributed by atoms with Crippen LogP contribution in [0.15, 0.2) is 76.1 Å². The molecule has 2 amide bonds. The van der Waals surface area contributed by atoms with Crippen LogP contribution in [-0.4, -0.2) is 44.3 Å². The number of sulfonamides is 1. The first-order chi connectivity index (χ1) is 19.3. The van der Waals surface area contributed by atoms with Crippen molar-refractivity contribution in [1.29, 1.82) is 0 Å². The second-order valence-electron chi connectivity index (χ2n) is 10.1. The van der Waals surface area contributed by atoms with Gasteiger partial charge in [-0.15, -0.1) is 0 Å². The van der Waals surface area contributed by atoms with Gasteiger partial charge in [0.25, 0.3) is 10.0 Å². The number of halogens is 3. The second kappa shape index (κ2) is 14.5. The number of anilines is 1. The molecule has 0 aliphatic rings. The van der Waals surface area contributed by atoms with Gasteiger partial charge in [0.05, 0.1) is 20.6 Å². The molecule has 0 unspecified atom stereocenters. The van der Waals surface area contributed by atoms with Crippen molar-refractivity contribution in [3.63, 3.8) is 0 Å². The van der Waals surface area contributed by atoms with Crippen molar-refractivity contribution in [3.05, 3.63) is 92.4 Å². The molecule has 11 heteroatoms. The zero-order valence-corrected chi connectivity index (χ0v) is 27.3. The van der Waals surface area contributed by atoms with Crippen LogP contribution in [-0.2, 0) is 26.2 Å². The van der Waals surface area contributed by atoms with Gasteiger partial charge in [0.15, 0.2) is 0 Å². The predicted molar refractivity (Wildman–Crippen MR) is 169 cm³/mol. The molecule has 0 saturated carbocycles. The van der Waals surface area contributed by atoms with Gasteiger partial charge in [-0.1, -0.05) is 83.7 Å². The molecule has 0 fully saturated rings. The standard InChI is InChI=1S/C30H34BrCl2N3O4S/c1-5-28(30(38)34-17-20(2)3)35(18-22-8-15-26(32)27(33)16-22)29(37)19-36(24-11-9-23(31)10-12-24)41(39,40)25-13-6-21(4)7-14-25/h6-16,20,28H,5,17-19H2,1-4H3,(H,34,38)/t28-/m0/s1. The maximum absolute atomic E-state index is 14.1. The van der Waals surface area contributed by atoms with Gasteiger partial charge in [0, 0.05) is 17.6 Å². The van der Waals surface area contributed by atoms with E-state index in [4.69, 9.17) is 23.2 Å². The molecular weight excluding hydrogens is 649 g/mol. The lowest BCUT2D eigenvalue weighted by Crippen LogP contribution is -2.52. The van der Waals surface area contributed by atoms with E-state index in [1.807, 2.05) is 27.7 Å². The molecule has 1 atom stereocenters. The summed E-state index contributed by atoms with van der Waals surface area (Å²) in [6.45, 7) is 7.58. The number of carbonyl (C=O) groups is 2. The summed E-state index contributed by atoms with van der Waals surface area (Å²) in [6.07, 6.45) is 0.319. The normalized spacial score (nSPS) is 12.2. The van der Waals surface area contributed by atoms with Crippen LogP contribution < -0.4 is 9.62 Å². The van der Waals surface area contributed by atoms with Crippen LogP contribution in [0.4, 0.5) is 5.69 Å². The van der Waals surface area contributed by atoms with Crippen molar-refractivity contribution < 1.29 is 18.0 Å². The molecule has 0 heterocycles. The number of amides is 2. The molecule has 0 spiro atoms. The van der Waals surface area contributed by atoms with Gasteiger partial charge >= 0.3 is 0 Å². The fraction of sp³-hybridized carbons (Fsp3) is 0.333. The Labute approximate surface area is 261 Å². The van der Waals surface area contributed by atoms with Crippen LogP contribution in [0.1, 0.15) is 38.3 Å². The number of nitrogens with one attached hydrogen (secondary N) is 1. The largest absolute Gasteiger partial charge is 0.354 e. The van der Waals surface area contributed by atoms with Crippen LogP contribution in [0.25, 0.3) is 0 Å². The molecule has 0 radical (unpaired) electrons. The van der Waals surface area contributed by atoms with Crippen molar-refractivity contribution >= 4 is 66.7 Å². The SMILES string of the molecule is CC[C@@H](C(=O)NCC(C)C)N(Cc1ccc(Cl)c(Cl)c1)C(=O)CN(c1ccc(Br)cc1)S(=O)(=O)c1ccc(C)cc1. The number of aryl methyl sites for hydroxylation is 1. The van der Waals surface area contributed by atoms with Crippen LogP contribution in [0.3, 0.4) is 0 Å². The van der Waals surface area contributed by atoms with Gasteiger partial charge in [-0.2, -0.15) is 0 Å². The average Bonchev–Trinajstić information content (AvgIpc) is 2.93. The van der Waals surface area contributed by atoms with Crippen molar-refractivity contribution in [2.75, 3.05) is 17.4 Å². The second-order valence-corrected chi connectivity index (χ2v) is 13.7. The van der Waals surface area contributed by atoms with E-state index in [1.165, 1.54) is 17.0 Å². The molecule has 41 heavy (non-hydrogen) atoms. The summed E-state index contributed by atoms with van der Waals surface area (Å²) in [5.41, 5.74) is 1.87. The lowest BCUT2D eigenvalue weighted by Gasteiger charge is -2.33. The Hall–Kier alpha value is -2.59. The fourth-order valence-electron chi connectivity index (χ4n) is 4.15. The van der Waals surface area contributed by atoms with Crippen molar-refractivity contribution in [3.8, 4) is 0 Å². The molecule has 3 rings (SSSR count). The highest BCUT2D eigenvalue weighted by molar-refractivity contribution is 9.10. The smallest absolute Gasteiger partial charge is 0.264 e. The minimum absolute atomic E-state index is 0.0298. The Morgan fingerprint density at radius 1 is 0.951 bits per heavy atom. The van der Waals surface area contributed by atoms with Crippen molar-refractivity contribution in [2.45, 2.75) is 51.6 Å². The Kier molecular flexibility index (Phi) is 11.7. The third-order valence-corrected chi connectivity index (χ3v) is 9.47. The zero-order chi connectivity index (χ0) is 30.3. The summed E-state index contributed by atoms with van der Waals surface area (Å²) in [5, 5.41) is 3.58.